The Morgan fingerprint density at radius 3 is 2.80 bits per heavy atom. The molecule has 10 nitrogen and oxygen atoms in total. The van der Waals surface area contributed by atoms with Gasteiger partial charge < -0.3 is 19.9 Å². The number of ether oxygens (including phenoxy) is 3. The summed E-state index contributed by atoms with van der Waals surface area (Å²) in [5.41, 5.74) is 6.77. The number of rotatable bonds is 5. The molecule has 0 saturated heterocycles. The van der Waals surface area contributed by atoms with Gasteiger partial charge in [-0.1, -0.05) is 6.08 Å². The molecule has 0 bridgehead atoms. The van der Waals surface area contributed by atoms with Crippen molar-refractivity contribution in [3.05, 3.63) is 24.8 Å². The summed E-state index contributed by atoms with van der Waals surface area (Å²) in [4.78, 5) is 34.5. The normalized spacial score (nSPS) is 20.6. The molecule has 3 rings (SSSR count). The van der Waals surface area contributed by atoms with Gasteiger partial charge in [-0.25, -0.2) is 15.0 Å². The molecule has 2 N–H and O–H groups in total. The predicted octanol–water partition coefficient (Wildman–Crippen LogP) is 0.357. The van der Waals surface area contributed by atoms with Gasteiger partial charge in [0.05, 0.1) is 6.33 Å². The third-order valence-corrected chi connectivity index (χ3v) is 3.56. The van der Waals surface area contributed by atoms with Crippen LogP contribution in [0.15, 0.2) is 24.8 Å². The second-order valence-electron chi connectivity index (χ2n) is 5.41. The van der Waals surface area contributed by atoms with Crippen LogP contribution < -0.4 is 5.73 Å². The monoisotopic (exact) mass is 347 g/mol. The van der Waals surface area contributed by atoms with Crippen LogP contribution in [0.5, 0.6) is 0 Å². The van der Waals surface area contributed by atoms with Crippen molar-refractivity contribution in [1.29, 1.82) is 0 Å². The number of hydrogen-bond donors (Lipinski definition) is 1. The summed E-state index contributed by atoms with van der Waals surface area (Å²) in [6.45, 7) is 2.46. The number of hydrogen-bond acceptors (Lipinski definition) is 9. The van der Waals surface area contributed by atoms with Crippen LogP contribution in [-0.4, -0.2) is 50.3 Å². The molecule has 0 saturated carbocycles. The third-order valence-electron chi connectivity index (χ3n) is 3.56. The van der Waals surface area contributed by atoms with Gasteiger partial charge in [0.2, 0.25) is 0 Å². The zero-order valence-electron chi connectivity index (χ0n) is 13.7. The molecule has 10 heteroatoms. The largest absolute Gasteiger partial charge is 0.462 e. The molecule has 0 unspecified atom stereocenters. The van der Waals surface area contributed by atoms with Gasteiger partial charge in [0.25, 0.3) is 0 Å². The first-order chi connectivity index (χ1) is 12.0. The van der Waals surface area contributed by atoms with Gasteiger partial charge in [-0.2, -0.15) is 0 Å². The van der Waals surface area contributed by atoms with Crippen molar-refractivity contribution in [1.82, 2.24) is 19.5 Å². The minimum Gasteiger partial charge on any atom is -0.462 e. The Bertz CT molecular complexity index is 833. The molecule has 1 aliphatic heterocycles. The van der Waals surface area contributed by atoms with Crippen molar-refractivity contribution in [2.75, 3.05) is 12.3 Å². The second kappa shape index (κ2) is 6.85. The number of imidazole rings is 1. The van der Waals surface area contributed by atoms with Gasteiger partial charge in [-0.3, -0.25) is 14.2 Å². The third kappa shape index (κ3) is 3.58. The zero-order valence-corrected chi connectivity index (χ0v) is 13.7. The summed E-state index contributed by atoms with van der Waals surface area (Å²) < 4.78 is 17.7. The summed E-state index contributed by atoms with van der Waals surface area (Å²) in [5.74, 6) is -0.690. The molecule has 3 atom stereocenters. The molecule has 0 radical (unpaired) electrons. The summed E-state index contributed by atoms with van der Waals surface area (Å²) in [6.07, 6.45) is 4.54. The van der Waals surface area contributed by atoms with Crippen LogP contribution in [0.4, 0.5) is 5.82 Å². The van der Waals surface area contributed by atoms with Crippen molar-refractivity contribution >= 4 is 28.9 Å². The highest BCUT2D eigenvalue weighted by Gasteiger charge is 2.32. The minimum absolute atomic E-state index is 0.101. The second-order valence-corrected chi connectivity index (χ2v) is 5.41. The van der Waals surface area contributed by atoms with Gasteiger partial charge in [0.15, 0.2) is 23.8 Å². The number of fused-ring (bicyclic) bond motifs is 1. The first-order valence-electron chi connectivity index (χ1n) is 7.53. The average molecular weight is 347 g/mol. The first kappa shape index (κ1) is 16.8. The van der Waals surface area contributed by atoms with E-state index in [4.69, 9.17) is 19.9 Å². The molecule has 132 valence electrons. The molecule has 3 heterocycles. The fraction of sp³-hybridized carbons (Fsp3) is 0.400. The number of aromatic nitrogens is 4. The Morgan fingerprint density at radius 2 is 2.08 bits per heavy atom. The summed E-state index contributed by atoms with van der Waals surface area (Å²) in [5, 5.41) is 0. The van der Waals surface area contributed by atoms with Crippen molar-refractivity contribution in [3.63, 3.8) is 0 Å². The molecule has 2 aromatic rings. The highest BCUT2D eigenvalue weighted by Crippen LogP contribution is 2.28. The molecule has 1 aliphatic rings. The van der Waals surface area contributed by atoms with E-state index >= 15 is 0 Å². The van der Waals surface area contributed by atoms with E-state index in [2.05, 4.69) is 15.0 Å². The summed E-state index contributed by atoms with van der Waals surface area (Å²) in [6, 6.07) is 0. The molecular formula is C15H17N5O5. The van der Waals surface area contributed by atoms with Crippen LogP contribution in [0.2, 0.25) is 0 Å². The van der Waals surface area contributed by atoms with E-state index in [1.54, 1.807) is 23.0 Å². The summed E-state index contributed by atoms with van der Waals surface area (Å²) >= 11 is 0. The number of nitrogens with two attached hydrogens (primary N) is 1. The maximum absolute atomic E-state index is 11.3. The number of anilines is 1. The molecule has 0 aliphatic carbocycles. The topological polar surface area (TPSA) is 131 Å². The molecule has 0 aromatic carbocycles. The van der Waals surface area contributed by atoms with E-state index in [1.165, 1.54) is 20.2 Å². The lowest BCUT2D eigenvalue weighted by Gasteiger charge is -2.23. The highest BCUT2D eigenvalue weighted by atomic mass is 16.6. The van der Waals surface area contributed by atoms with E-state index in [-0.39, 0.29) is 12.4 Å². The van der Waals surface area contributed by atoms with Crippen LogP contribution in [0.1, 0.15) is 20.1 Å². The smallest absolute Gasteiger partial charge is 0.303 e. The number of esters is 2. The highest BCUT2D eigenvalue weighted by molar-refractivity contribution is 5.81. The van der Waals surface area contributed by atoms with Gasteiger partial charge in [0.1, 0.15) is 24.6 Å². The van der Waals surface area contributed by atoms with Gasteiger partial charge in [-0.15, -0.1) is 0 Å². The van der Waals surface area contributed by atoms with E-state index in [1.807, 2.05) is 0 Å². The fourth-order valence-corrected chi connectivity index (χ4v) is 2.49. The van der Waals surface area contributed by atoms with Crippen molar-refractivity contribution in [3.8, 4) is 0 Å². The number of nitrogen functional groups attached to an aromatic ring is 1. The lowest BCUT2D eigenvalue weighted by atomic mass is 10.2. The molecule has 2 aromatic heterocycles. The predicted molar refractivity (Wildman–Crippen MR) is 85.0 cm³/mol. The minimum atomic E-state index is -0.753. The zero-order chi connectivity index (χ0) is 18.0. The Morgan fingerprint density at radius 1 is 1.28 bits per heavy atom. The van der Waals surface area contributed by atoms with Crippen molar-refractivity contribution in [2.24, 2.45) is 0 Å². The molecule has 25 heavy (non-hydrogen) atoms. The maximum atomic E-state index is 11.3. The van der Waals surface area contributed by atoms with Gasteiger partial charge in [-0.05, 0) is 6.08 Å². The van der Waals surface area contributed by atoms with Crippen LogP contribution in [0.3, 0.4) is 0 Å². The molecule has 0 spiro atoms. The van der Waals surface area contributed by atoms with Gasteiger partial charge in [0, 0.05) is 13.8 Å². The van der Waals surface area contributed by atoms with Crippen LogP contribution >= 0.6 is 0 Å². The fourth-order valence-electron chi connectivity index (χ4n) is 2.49. The number of carbonyl (C=O) groups is 2. The van der Waals surface area contributed by atoms with Crippen LogP contribution in [-0.2, 0) is 23.8 Å². The van der Waals surface area contributed by atoms with E-state index in [0.717, 1.165) is 0 Å². The van der Waals surface area contributed by atoms with Gasteiger partial charge >= 0.3 is 11.9 Å². The lowest BCUT2D eigenvalue weighted by Crippen LogP contribution is -2.35. The average Bonchev–Trinajstić information content (AvgIpc) is 3.18. The molecule has 0 fully saturated rings. The maximum Gasteiger partial charge on any atom is 0.303 e. The van der Waals surface area contributed by atoms with Crippen LogP contribution in [0.25, 0.3) is 11.2 Å². The quantitative estimate of drug-likeness (QED) is 0.601. The standard InChI is InChI=1S/C15H17N5O5/c1-8(21)23-5-11(24-9(2)22)10-3-4-12(25-10)20-7-19-13-14(16)17-6-18-15(13)20/h3-4,6-7,10-12H,5H2,1-2H3,(H2,16,17,18)/t10-,11+,12+/m0/s1. The SMILES string of the molecule is CC(=O)OC[C@@H](OC(C)=O)[C@@H]1C=C[C@H](n2cnc3c(N)ncnc32)O1. The Hall–Kier alpha value is -3.01. The lowest BCUT2D eigenvalue weighted by molar-refractivity contribution is -0.165. The van der Waals surface area contributed by atoms with Crippen LogP contribution in [0, 0.1) is 0 Å². The molecule has 0 amide bonds. The Kier molecular flexibility index (Phi) is 4.61. The molecular weight excluding hydrogens is 330 g/mol. The van der Waals surface area contributed by atoms with E-state index < -0.39 is 30.4 Å². The Labute approximate surface area is 142 Å². The number of nitrogens with zero attached hydrogens (tertiary/aromatic N) is 4. The first-order valence-corrected chi connectivity index (χ1v) is 7.53. The van der Waals surface area contributed by atoms with E-state index in [0.29, 0.717) is 11.2 Å². The van der Waals surface area contributed by atoms with Crippen molar-refractivity contribution in [2.45, 2.75) is 32.3 Å². The summed E-state index contributed by atoms with van der Waals surface area (Å²) in [7, 11) is 0. The Balaban J connectivity index is 1.77. The van der Waals surface area contributed by atoms with E-state index in [9.17, 15) is 9.59 Å². The number of carbonyl (C=O) groups excluding carboxylic acids is 2. The van der Waals surface area contributed by atoms with Crippen molar-refractivity contribution < 1.29 is 23.8 Å².